The van der Waals surface area contributed by atoms with Gasteiger partial charge in [-0.1, -0.05) is 30.0 Å². The molecule has 0 N–H and O–H groups in total. The standard InChI is InChI=1S/C20H22N4O2S2/c1-23(12-15-7-9-18(27-3)10-8-15)19(25)13-28-20-22-21-14-24(20)16-5-4-6-17(11-16)26-2/h4-11,14H,12-13H2,1-3H3. The molecule has 8 heteroatoms. The number of carbonyl (C=O) groups is 1. The van der Waals surface area contributed by atoms with E-state index in [1.165, 1.54) is 16.7 Å². The number of aromatic nitrogens is 3. The monoisotopic (exact) mass is 414 g/mol. The number of hydrogen-bond donors (Lipinski definition) is 0. The number of benzene rings is 2. The van der Waals surface area contributed by atoms with E-state index < -0.39 is 0 Å². The zero-order valence-electron chi connectivity index (χ0n) is 16.0. The van der Waals surface area contributed by atoms with Gasteiger partial charge in [-0.15, -0.1) is 22.0 Å². The van der Waals surface area contributed by atoms with Crippen LogP contribution >= 0.6 is 23.5 Å². The molecule has 0 saturated carbocycles. The summed E-state index contributed by atoms with van der Waals surface area (Å²) in [5, 5.41) is 8.80. The van der Waals surface area contributed by atoms with Crippen molar-refractivity contribution >= 4 is 29.4 Å². The van der Waals surface area contributed by atoms with Crippen LogP contribution in [0.25, 0.3) is 5.69 Å². The molecule has 2 aromatic carbocycles. The Morgan fingerprint density at radius 2 is 2.00 bits per heavy atom. The van der Waals surface area contributed by atoms with Crippen molar-refractivity contribution in [3.8, 4) is 11.4 Å². The first kappa shape index (κ1) is 20.3. The predicted molar refractivity (Wildman–Crippen MR) is 113 cm³/mol. The van der Waals surface area contributed by atoms with Gasteiger partial charge >= 0.3 is 0 Å². The molecule has 0 unspecified atom stereocenters. The number of thioether (sulfide) groups is 2. The number of nitrogens with zero attached hydrogens (tertiary/aromatic N) is 4. The second-order valence-corrected chi connectivity index (χ2v) is 7.89. The zero-order valence-corrected chi connectivity index (χ0v) is 17.7. The number of ether oxygens (including phenoxy) is 1. The molecular formula is C20H22N4O2S2. The van der Waals surface area contributed by atoms with E-state index in [2.05, 4.69) is 34.5 Å². The van der Waals surface area contributed by atoms with Crippen LogP contribution in [0.1, 0.15) is 5.56 Å². The van der Waals surface area contributed by atoms with Crippen LogP contribution in [0.15, 0.2) is 64.9 Å². The van der Waals surface area contributed by atoms with Crippen molar-refractivity contribution in [3.05, 3.63) is 60.4 Å². The fourth-order valence-corrected chi connectivity index (χ4v) is 3.87. The summed E-state index contributed by atoms with van der Waals surface area (Å²) in [7, 11) is 3.45. The van der Waals surface area contributed by atoms with Crippen LogP contribution in [0.5, 0.6) is 5.75 Å². The third-order valence-corrected chi connectivity index (χ3v) is 5.85. The van der Waals surface area contributed by atoms with Gasteiger partial charge in [-0.05, 0) is 36.1 Å². The maximum atomic E-state index is 12.5. The molecule has 0 fully saturated rings. The smallest absolute Gasteiger partial charge is 0.233 e. The van der Waals surface area contributed by atoms with Crippen molar-refractivity contribution in [1.29, 1.82) is 0 Å². The Bertz CT molecular complexity index is 928. The van der Waals surface area contributed by atoms with E-state index in [0.29, 0.717) is 17.5 Å². The Balaban J connectivity index is 1.60. The van der Waals surface area contributed by atoms with Crippen LogP contribution in [0.4, 0.5) is 0 Å². The molecule has 1 amide bonds. The lowest BCUT2D eigenvalue weighted by Crippen LogP contribution is -2.27. The molecule has 146 valence electrons. The molecular weight excluding hydrogens is 392 g/mol. The normalized spacial score (nSPS) is 10.7. The maximum absolute atomic E-state index is 12.5. The van der Waals surface area contributed by atoms with E-state index in [1.807, 2.05) is 42.1 Å². The third kappa shape index (κ3) is 5.08. The SMILES string of the molecule is COc1cccc(-n2cnnc2SCC(=O)N(C)Cc2ccc(SC)cc2)c1. The van der Waals surface area contributed by atoms with Crippen molar-refractivity contribution < 1.29 is 9.53 Å². The molecule has 0 saturated heterocycles. The van der Waals surface area contributed by atoms with Gasteiger partial charge in [0, 0.05) is 24.6 Å². The molecule has 0 aliphatic rings. The molecule has 3 aromatic rings. The summed E-state index contributed by atoms with van der Waals surface area (Å²) >= 11 is 3.07. The highest BCUT2D eigenvalue weighted by atomic mass is 32.2. The number of hydrogen-bond acceptors (Lipinski definition) is 6. The molecule has 3 rings (SSSR count). The quantitative estimate of drug-likeness (QED) is 0.523. The topological polar surface area (TPSA) is 60.2 Å². The minimum atomic E-state index is 0.0409. The number of amides is 1. The lowest BCUT2D eigenvalue weighted by Gasteiger charge is -2.17. The molecule has 1 heterocycles. The van der Waals surface area contributed by atoms with E-state index in [-0.39, 0.29) is 5.91 Å². The Morgan fingerprint density at radius 3 is 2.71 bits per heavy atom. The summed E-state index contributed by atoms with van der Waals surface area (Å²) in [5.41, 5.74) is 2.00. The largest absolute Gasteiger partial charge is 0.497 e. The van der Waals surface area contributed by atoms with Gasteiger partial charge in [-0.3, -0.25) is 9.36 Å². The highest BCUT2D eigenvalue weighted by Crippen LogP contribution is 2.23. The fourth-order valence-electron chi connectivity index (χ4n) is 2.59. The van der Waals surface area contributed by atoms with Gasteiger partial charge in [0.1, 0.15) is 12.1 Å². The van der Waals surface area contributed by atoms with Gasteiger partial charge in [-0.2, -0.15) is 0 Å². The highest BCUT2D eigenvalue weighted by Gasteiger charge is 2.14. The van der Waals surface area contributed by atoms with E-state index >= 15 is 0 Å². The van der Waals surface area contributed by atoms with Gasteiger partial charge in [0.05, 0.1) is 18.6 Å². The maximum Gasteiger partial charge on any atom is 0.233 e. The minimum Gasteiger partial charge on any atom is -0.497 e. The fraction of sp³-hybridized carbons (Fsp3) is 0.250. The van der Waals surface area contributed by atoms with Gasteiger partial charge < -0.3 is 9.64 Å². The average Bonchev–Trinajstić information content (AvgIpc) is 3.21. The number of methoxy groups -OCH3 is 1. The summed E-state index contributed by atoms with van der Waals surface area (Å²) < 4.78 is 7.12. The molecule has 0 aliphatic heterocycles. The molecule has 1 aromatic heterocycles. The average molecular weight is 415 g/mol. The second kappa shape index (κ2) is 9.66. The van der Waals surface area contributed by atoms with Crippen LogP contribution in [-0.2, 0) is 11.3 Å². The second-order valence-electron chi connectivity index (χ2n) is 6.07. The molecule has 0 bridgehead atoms. The zero-order chi connectivity index (χ0) is 19.9. The summed E-state index contributed by atoms with van der Waals surface area (Å²) in [5.74, 6) is 1.09. The molecule has 6 nitrogen and oxygen atoms in total. The van der Waals surface area contributed by atoms with Crippen molar-refractivity contribution in [3.63, 3.8) is 0 Å². The summed E-state index contributed by atoms with van der Waals surface area (Å²) in [4.78, 5) is 15.5. The summed E-state index contributed by atoms with van der Waals surface area (Å²) in [6.45, 7) is 0.580. The Kier molecular flexibility index (Phi) is 7.00. The van der Waals surface area contributed by atoms with Gasteiger partial charge in [0.2, 0.25) is 5.91 Å². The van der Waals surface area contributed by atoms with E-state index in [9.17, 15) is 4.79 Å². The Labute approximate surface area is 173 Å². The van der Waals surface area contributed by atoms with E-state index in [0.717, 1.165) is 17.0 Å². The van der Waals surface area contributed by atoms with Crippen molar-refractivity contribution in [2.24, 2.45) is 0 Å². The third-order valence-electron chi connectivity index (χ3n) is 4.18. The van der Waals surface area contributed by atoms with E-state index in [4.69, 9.17) is 4.74 Å². The molecule has 0 atom stereocenters. The lowest BCUT2D eigenvalue weighted by atomic mass is 10.2. The van der Waals surface area contributed by atoms with Crippen molar-refractivity contribution in [2.75, 3.05) is 26.2 Å². The van der Waals surface area contributed by atoms with E-state index in [1.54, 1.807) is 30.1 Å². The van der Waals surface area contributed by atoms with Gasteiger partial charge in [0.25, 0.3) is 0 Å². The molecule has 0 radical (unpaired) electrons. The van der Waals surface area contributed by atoms with Crippen LogP contribution < -0.4 is 4.74 Å². The van der Waals surface area contributed by atoms with Crippen LogP contribution in [0.2, 0.25) is 0 Å². The first-order valence-electron chi connectivity index (χ1n) is 8.65. The van der Waals surface area contributed by atoms with Crippen LogP contribution in [0.3, 0.4) is 0 Å². The summed E-state index contributed by atoms with van der Waals surface area (Å²) in [6, 6.07) is 15.9. The summed E-state index contributed by atoms with van der Waals surface area (Å²) in [6.07, 6.45) is 3.69. The van der Waals surface area contributed by atoms with Crippen molar-refractivity contribution in [1.82, 2.24) is 19.7 Å². The van der Waals surface area contributed by atoms with Crippen LogP contribution in [0, 0.1) is 0 Å². The Morgan fingerprint density at radius 1 is 1.21 bits per heavy atom. The van der Waals surface area contributed by atoms with Crippen LogP contribution in [-0.4, -0.2) is 51.7 Å². The molecule has 28 heavy (non-hydrogen) atoms. The number of carbonyl (C=O) groups excluding carboxylic acids is 1. The molecule has 0 spiro atoms. The highest BCUT2D eigenvalue weighted by molar-refractivity contribution is 7.99. The lowest BCUT2D eigenvalue weighted by molar-refractivity contribution is -0.127. The Hall–Kier alpha value is -2.45. The van der Waals surface area contributed by atoms with Gasteiger partial charge in [-0.25, -0.2) is 0 Å². The minimum absolute atomic E-state index is 0.0409. The first-order chi connectivity index (χ1) is 13.6. The van der Waals surface area contributed by atoms with Crippen molar-refractivity contribution in [2.45, 2.75) is 16.6 Å². The predicted octanol–water partition coefficient (Wildman–Crippen LogP) is 3.75. The van der Waals surface area contributed by atoms with Gasteiger partial charge in [0.15, 0.2) is 5.16 Å². The molecule has 0 aliphatic carbocycles. The first-order valence-corrected chi connectivity index (χ1v) is 10.9. The number of rotatable bonds is 8.